The summed E-state index contributed by atoms with van der Waals surface area (Å²) in [5, 5.41) is 7.75. The van der Waals surface area contributed by atoms with Gasteiger partial charge in [-0.05, 0) is 114 Å². The van der Waals surface area contributed by atoms with Crippen molar-refractivity contribution in [1.29, 1.82) is 0 Å². The molecule has 1 aliphatic carbocycles. The van der Waals surface area contributed by atoms with Crippen LogP contribution in [0.3, 0.4) is 0 Å². The van der Waals surface area contributed by atoms with Crippen molar-refractivity contribution in [2.75, 3.05) is 4.90 Å². The molecule has 3 heteroatoms. The van der Waals surface area contributed by atoms with Gasteiger partial charge in [0, 0.05) is 38.9 Å². The molecule has 56 heavy (non-hydrogen) atoms. The normalized spacial score (nSPS) is 14.3. The molecule has 0 saturated heterocycles. The van der Waals surface area contributed by atoms with Gasteiger partial charge in [-0.25, -0.2) is 0 Å². The van der Waals surface area contributed by atoms with Gasteiger partial charge in [0.1, 0.15) is 0 Å². The summed E-state index contributed by atoms with van der Waals surface area (Å²) in [5.41, 5.74) is 19.5. The van der Waals surface area contributed by atoms with Gasteiger partial charge in [-0.2, -0.15) is 0 Å². The van der Waals surface area contributed by atoms with E-state index < -0.39 is 0 Å². The van der Waals surface area contributed by atoms with E-state index >= 15 is 0 Å². The first-order valence-corrected chi connectivity index (χ1v) is 19.8. The first-order chi connectivity index (χ1) is 27.5. The maximum atomic E-state index is 2.60. The highest BCUT2D eigenvalue weighted by Crippen LogP contribution is 2.51. The summed E-state index contributed by atoms with van der Waals surface area (Å²) in [4.78, 5) is 2.54. The molecule has 260 valence electrons. The number of fused-ring (bicyclic) bond motifs is 13. The summed E-state index contributed by atoms with van der Waals surface area (Å²) in [6.45, 7) is 4.77. The molecular weight excluding hydrogens is 675 g/mol. The fourth-order valence-electron chi connectivity index (χ4n) is 10.8. The van der Waals surface area contributed by atoms with E-state index in [0.29, 0.717) is 0 Å². The van der Waals surface area contributed by atoms with Gasteiger partial charge in [-0.3, -0.25) is 0 Å². The Bertz CT molecular complexity index is 3350. The predicted molar refractivity (Wildman–Crippen MR) is 238 cm³/mol. The summed E-state index contributed by atoms with van der Waals surface area (Å²) >= 11 is 0. The molecule has 0 spiro atoms. The average molecular weight is 711 g/mol. The van der Waals surface area contributed by atoms with Gasteiger partial charge in [-0.1, -0.05) is 147 Å². The molecule has 1 aromatic heterocycles. The Kier molecular flexibility index (Phi) is 5.81. The second kappa shape index (κ2) is 10.7. The Morgan fingerprint density at radius 1 is 0.464 bits per heavy atom. The maximum Gasteiger partial charge on any atom is 0.252 e. The van der Waals surface area contributed by atoms with Crippen LogP contribution in [0.4, 0.5) is 17.1 Å². The van der Waals surface area contributed by atoms with E-state index in [0.717, 1.165) is 0 Å². The first kappa shape index (κ1) is 30.5. The zero-order valence-corrected chi connectivity index (χ0v) is 31.2. The Hall–Kier alpha value is -6.84. The van der Waals surface area contributed by atoms with E-state index in [4.69, 9.17) is 0 Å². The molecule has 13 rings (SSSR count). The largest absolute Gasteiger partial charge is 0.311 e. The fraction of sp³-hybridized carbons (Fsp3) is 0.0566. The van der Waals surface area contributed by atoms with E-state index in [9.17, 15) is 0 Å². The molecule has 3 aliphatic rings. The number of aromatic nitrogens is 1. The second-order valence-electron chi connectivity index (χ2n) is 16.5. The van der Waals surface area contributed by atoms with Gasteiger partial charge < -0.3 is 9.47 Å². The van der Waals surface area contributed by atoms with Crippen molar-refractivity contribution in [2.24, 2.45) is 0 Å². The minimum atomic E-state index is -0.0434. The van der Waals surface area contributed by atoms with Crippen LogP contribution in [0.2, 0.25) is 0 Å². The summed E-state index contributed by atoms with van der Waals surface area (Å²) < 4.78 is 2.60. The molecule has 0 bridgehead atoms. The van der Waals surface area contributed by atoms with Crippen molar-refractivity contribution in [3.63, 3.8) is 0 Å². The number of para-hydroxylation sites is 2. The molecule has 10 aromatic rings. The molecule has 0 amide bonds. The molecule has 3 heterocycles. The lowest BCUT2D eigenvalue weighted by Gasteiger charge is -2.41. The molecule has 9 aromatic carbocycles. The van der Waals surface area contributed by atoms with E-state index in [1.807, 2.05) is 0 Å². The molecule has 0 fully saturated rings. The number of hydrogen-bond donors (Lipinski definition) is 0. The number of anilines is 3. The van der Waals surface area contributed by atoms with Crippen LogP contribution >= 0.6 is 0 Å². The van der Waals surface area contributed by atoms with Crippen LogP contribution < -0.4 is 21.3 Å². The second-order valence-corrected chi connectivity index (χ2v) is 16.5. The van der Waals surface area contributed by atoms with Crippen molar-refractivity contribution in [1.82, 2.24) is 4.57 Å². The smallest absolute Gasteiger partial charge is 0.252 e. The highest BCUT2D eigenvalue weighted by atomic mass is 15.2. The number of benzene rings is 9. The van der Waals surface area contributed by atoms with Gasteiger partial charge >= 0.3 is 0 Å². The van der Waals surface area contributed by atoms with Crippen LogP contribution in [0.25, 0.3) is 71.3 Å². The van der Waals surface area contributed by atoms with Gasteiger partial charge in [0.2, 0.25) is 0 Å². The fourth-order valence-corrected chi connectivity index (χ4v) is 10.8. The highest BCUT2D eigenvalue weighted by molar-refractivity contribution is 7.00. The van der Waals surface area contributed by atoms with Crippen molar-refractivity contribution in [3.05, 3.63) is 187 Å². The molecular formula is C53H35BN2. The molecule has 0 unspecified atom stereocenters. The minimum absolute atomic E-state index is 0.0434. The maximum absolute atomic E-state index is 2.60. The lowest BCUT2D eigenvalue weighted by atomic mass is 9.33. The topological polar surface area (TPSA) is 8.17 Å². The van der Waals surface area contributed by atoms with Gasteiger partial charge in [0.05, 0.1) is 11.0 Å². The quantitative estimate of drug-likeness (QED) is 0.162. The van der Waals surface area contributed by atoms with Gasteiger partial charge in [-0.15, -0.1) is 0 Å². The van der Waals surface area contributed by atoms with Crippen LogP contribution in [0, 0.1) is 0 Å². The molecule has 2 nitrogen and oxygen atoms in total. The standard InChI is InChI=1S/C53H35BN2/c1-53(2)42-22-12-10-20-39(42)41-26-34(24-25-43(41)53)36-30-48-51-49(31-36)56-46-23-13-11-21-40(46)50-38-19-9-8-16-35(38)28-45(52(50)56)54(51)44-27-32-14-6-7-15-33(32)29-47(44)55(48)37-17-4-3-5-18-37/h3-31H,1-2H3. The van der Waals surface area contributed by atoms with Crippen LogP contribution in [0.15, 0.2) is 176 Å². The number of hydrogen-bond acceptors (Lipinski definition) is 1. The van der Waals surface area contributed by atoms with Crippen molar-refractivity contribution >= 4 is 83.5 Å². The lowest BCUT2D eigenvalue weighted by molar-refractivity contribution is 0.660. The van der Waals surface area contributed by atoms with E-state index in [-0.39, 0.29) is 12.1 Å². The monoisotopic (exact) mass is 710 g/mol. The zero-order chi connectivity index (χ0) is 36.9. The Morgan fingerprint density at radius 2 is 1.12 bits per heavy atom. The molecule has 0 atom stereocenters. The number of rotatable bonds is 2. The van der Waals surface area contributed by atoms with E-state index in [1.54, 1.807) is 0 Å². The SMILES string of the molecule is CC1(C)c2ccccc2-c2cc(-c3cc4c5c(c3)-n3c6ccccc6c6c7ccccc7cc(c63)B5c3cc5ccccc5cc3N4c3ccccc3)ccc21. The Morgan fingerprint density at radius 3 is 1.98 bits per heavy atom. The number of nitrogens with zero attached hydrogens (tertiary/aromatic N) is 2. The predicted octanol–water partition coefficient (Wildman–Crippen LogP) is 11.7. The van der Waals surface area contributed by atoms with E-state index in [1.165, 1.54) is 116 Å². The van der Waals surface area contributed by atoms with Gasteiger partial charge in [0.15, 0.2) is 0 Å². The zero-order valence-electron chi connectivity index (χ0n) is 31.2. The summed E-state index contributed by atoms with van der Waals surface area (Å²) in [5.74, 6) is 0. The summed E-state index contributed by atoms with van der Waals surface area (Å²) in [6.07, 6.45) is 0. The van der Waals surface area contributed by atoms with Crippen molar-refractivity contribution in [3.8, 4) is 27.9 Å². The Balaban J connectivity index is 1.20. The molecule has 0 N–H and O–H groups in total. The van der Waals surface area contributed by atoms with Crippen molar-refractivity contribution in [2.45, 2.75) is 19.3 Å². The molecule has 2 aliphatic heterocycles. The average Bonchev–Trinajstić information content (AvgIpc) is 3.71. The van der Waals surface area contributed by atoms with E-state index in [2.05, 4.69) is 199 Å². The highest BCUT2D eigenvalue weighted by Gasteiger charge is 2.43. The van der Waals surface area contributed by atoms with Crippen LogP contribution in [0.1, 0.15) is 25.0 Å². The first-order valence-electron chi connectivity index (χ1n) is 19.8. The molecule has 0 saturated carbocycles. The van der Waals surface area contributed by atoms with Crippen LogP contribution in [0.5, 0.6) is 0 Å². The summed E-state index contributed by atoms with van der Waals surface area (Å²) in [7, 11) is 0. The third-order valence-electron chi connectivity index (χ3n) is 13.3. The molecule has 0 radical (unpaired) electrons. The van der Waals surface area contributed by atoms with Crippen molar-refractivity contribution < 1.29 is 0 Å². The third kappa shape index (κ3) is 3.82. The lowest BCUT2D eigenvalue weighted by Crippen LogP contribution is -2.60. The van der Waals surface area contributed by atoms with Crippen LogP contribution in [-0.2, 0) is 5.41 Å². The third-order valence-corrected chi connectivity index (χ3v) is 13.3. The van der Waals surface area contributed by atoms with Crippen LogP contribution in [-0.4, -0.2) is 11.3 Å². The van der Waals surface area contributed by atoms with Gasteiger partial charge in [0.25, 0.3) is 6.71 Å². The Labute approximate surface area is 326 Å². The minimum Gasteiger partial charge on any atom is -0.311 e. The summed E-state index contributed by atoms with van der Waals surface area (Å²) in [6, 6.07) is 66.4.